The van der Waals surface area contributed by atoms with Gasteiger partial charge in [0.1, 0.15) is 6.17 Å². The van der Waals surface area contributed by atoms with E-state index in [1.807, 2.05) is 66.5 Å². The topological polar surface area (TPSA) is 72.2 Å². The summed E-state index contributed by atoms with van der Waals surface area (Å²) in [5.74, 6) is 0.0186. The molecule has 0 atom stereocenters. The molecule has 0 radical (unpaired) electrons. The van der Waals surface area contributed by atoms with Crippen LogP contribution in [0.4, 0.5) is 22.7 Å². The van der Waals surface area contributed by atoms with Gasteiger partial charge in [0.05, 0.1) is 22.8 Å². The van der Waals surface area contributed by atoms with E-state index in [1.165, 1.54) is 0 Å². The number of hydrogen-bond donors (Lipinski definition) is 4. The number of hydrogen-bond acceptors (Lipinski definition) is 4. The van der Waals surface area contributed by atoms with E-state index in [9.17, 15) is 4.79 Å². The summed E-state index contributed by atoms with van der Waals surface area (Å²) in [6.45, 7) is 0.613. The molecule has 0 unspecified atom stereocenters. The summed E-state index contributed by atoms with van der Waals surface area (Å²) in [7, 11) is 1.87. The highest BCUT2D eigenvalue weighted by atomic mass is 16.2. The van der Waals surface area contributed by atoms with Crippen molar-refractivity contribution in [2.24, 2.45) is 0 Å². The zero-order valence-electron chi connectivity index (χ0n) is 18.4. The number of H-pyrrole nitrogens is 1. The molecular formula is C27H25N5O. The maximum atomic E-state index is 13.5. The fourth-order valence-corrected chi connectivity index (χ4v) is 4.78. The summed E-state index contributed by atoms with van der Waals surface area (Å²) in [4.78, 5) is 19.0. The van der Waals surface area contributed by atoms with Gasteiger partial charge in [-0.25, -0.2) is 0 Å². The number of rotatable bonds is 3. The molecule has 1 aromatic heterocycles. The summed E-state index contributed by atoms with van der Waals surface area (Å²) in [5, 5.41) is 10.2. The first-order valence-electron chi connectivity index (χ1n) is 11.2. The molecule has 0 fully saturated rings. The second-order valence-electron chi connectivity index (χ2n) is 8.44. The maximum absolute atomic E-state index is 13.5. The molecule has 6 nitrogen and oxygen atoms in total. The van der Waals surface area contributed by atoms with E-state index in [0.29, 0.717) is 12.1 Å². The average molecular weight is 436 g/mol. The molecule has 0 saturated carbocycles. The van der Waals surface area contributed by atoms with Gasteiger partial charge in [-0.2, -0.15) is 0 Å². The van der Waals surface area contributed by atoms with Gasteiger partial charge in [-0.05, 0) is 48.5 Å². The standard InChI is InChI=1S/C27H25N5O/c1-28-18-12-10-17(11-13-18)27(33)32-15-14-21-20(19-6-2-5-9-25(19)32)16-24(29-21)26-30-22-7-3-4-8-23(22)31-26/h2-13,16,26,28-31H,14-15H2,1H3. The Labute approximate surface area is 192 Å². The van der Waals surface area contributed by atoms with Crippen LogP contribution in [0.15, 0.2) is 78.9 Å². The van der Waals surface area contributed by atoms with E-state index < -0.39 is 0 Å². The van der Waals surface area contributed by atoms with Crippen LogP contribution >= 0.6 is 0 Å². The summed E-state index contributed by atoms with van der Waals surface area (Å²) in [6, 6.07) is 26.3. The van der Waals surface area contributed by atoms with Crippen LogP contribution in [0, 0.1) is 0 Å². The first-order valence-corrected chi connectivity index (χ1v) is 11.2. The molecule has 3 heterocycles. The van der Waals surface area contributed by atoms with Gasteiger partial charge in [0, 0.05) is 48.1 Å². The lowest BCUT2D eigenvalue weighted by Gasteiger charge is -2.23. The fraction of sp³-hybridized carbons (Fsp3) is 0.148. The van der Waals surface area contributed by atoms with E-state index in [1.54, 1.807) is 0 Å². The van der Waals surface area contributed by atoms with Gasteiger partial charge in [0.2, 0.25) is 0 Å². The first-order chi connectivity index (χ1) is 16.2. The van der Waals surface area contributed by atoms with Crippen LogP contribution in [0.5, 0.6) is 0 Å². The Hall–Kier alpha value is -4.19. The van der Waals surface area contributed by atoms with Crippen molar-refractivity contribution in [2.45, 2.75) is 12.6 Å². The highest BCUT2D eigenvalue weighted by molar-refractivity contribution is 6.08. The highest BCUT2D eigenvalue weighted by Crippen LogP contribution is 2.40. The Morgan fingerprint density at radius 1 is 0.909 bits per heavy atom. The molecule has 2 aliphatic heterocycles. The number of para-hydroxylation sites is 3. The molecule has 164 valence electrons. The second-order valence-corrected chi connectivity index (χ2v) is 8.44. The molecule has 6 heteroatoms. The van der Waals surface area contributed by atoms with Crippen LogP contribution < -0.4 is 20.9 Å². The molecule has 1 amide bonds. The lowest BCUT2D eigenvalue weighted by molar-refractivity contribution is 0.0987. The van der Waals surface area contributed by atoms with E-state index in [-0.39, 0.29) is 12.1 Å². The van der Waals surface area contributed by atoms with Crippen molar-refractivity contribution in [3.63, 3.8) is 0 Å². The summed E-state index contributed by atoms with van der Waals surface area (Å²) >= 11 is 0. The average Bonchev–Trinajstić information content (AvgIpc) is 3.45. The van der Waals surface area contributed by atoms with Gasteiger partial charge in [-0.15, -0.1) is 0 Å². The lowest BCUT2D eigenvalue weighted by atomic mass is 10.0. The first kappa shape index (κ1) is 19.5. The Morgan fingerprint density at radius 2 is 1.61 bits per heavy atom. The van der Waals surface area contributed by atoms with Crippen molar-refractivity contribution in [2.75, 3.05) is 34.4 Å². The van der Waals surface area contributed by atoms with E-state index in [0.717, 1.165) is 51.7 Å². The SMILES string of the molecule is CNc1ccc(C(=O)N2CCc3[nH]c(C4Nc5ccccc5N4)cc3-c3ccccc32)cc1. The highest BCUT2D eigenvalue weighted by Gasteiger charge is 2.29. The number of amides is 1. The molecule has 0 saturated heterocycles. The third-order valence-corrected chi connectivity index (χ3v) is 6.49. The maximum Gasteiger partial charge on any atom is 0.258 e. The quantitative estimate of drug-likeness (QED) is 0.345. The second kappa shape index (κ2) is 7.74. The minimum atomic E-state index is -0.00934. The minimum Gasteiger partial charge on any atom is -0.388 e. The number of nitrogens with zero attached hydrogens (tertiary/aromatic N) is 1. The number of aromatic nitrogens is 1. The Balaban J connectivity index is 1.34. The van der Waals surface area contributed by atoms with E-state index in [2.05, 4.69) is 45.2 Å². The van der Waals surface area contributed by atoms with Crippen molar-refractivity contribution in [1.29, 1.82) is 0 Å². The van der Waals surface area contributed by atoms with Gasteiger partial charge in [0.15, 0.2) is 0 Å². The van der Waals surface area contributed by atoms with Gasteiger partial charge in [-0.3, -0.25) is 4.79 Å². The van der Waals surface area contributed by atoms with Crippen LogP contribution in [-0.2, 0) is 6.42 Å². The van der Waals surface area contributed by atoms with E-state index >= 15 is 0 Å². The predicted octanol–water partition coefficient (Wildman–Crippen LogP) is 5.46. The molecule has 4 N–H and O–H groups in total. The summed E-state index contributed by atoms with van der Waals surface area (Å²) in [5.41, 5.74) is 9.30. The molecule has 33 heavy (non-hydrogen) atoms. The zero-order valence-corrected chi connectivity index (χ0v) is 18.4. The largest absolute Gasteiger partial charge is 0.388 e. The van der Waals surface area contributed by atoms with Crippen LogP contribution in [-0.4, -0.2) is 24.5 Å². The monoisotopic (exact) mass is 435 g/mol. The molecule has 0 aliphatic carbocycles. The number of aromatic amines is 1. The van der Waals surface area contributed by atoms with Crippen molar-refractivity contribution < 1.29 is 4.79 Å². The molecule has 0 bridgehead atoms. The number of carbonyl (C=O) groups excluding carboxylic acids is 1. The molecule has 4 aromatic rings. The van der Waals surface area contributed by atoms with Crippen molar-refractivity contribution in [3.05, 3.63) is 95.8 Å². The smallest absolute Gasteiger partial charge is 0.258 e. The zero-order chi connectivity index (χ0) is 22.4. The summed E-state index contributed by atoms with van der Waals surface area (Å²) < 4.78 is 0. The summed E-state index contributed by atoms with van der Waals surface area (Å²) in [6.07, 6.45) is 0.745. The van der Waals surface area contributed by atoms with E-state index in [4.69, 9.17) is 0 Å². The van der Waals surface area contributed by atoms with Crippen molar-refractivity contribution in [1.82, 2.24) is 4.98 Å². The molecule has 0 spiro atoms. The number of anilines is 4. The molecule has 3 aromatic carbocycles. The van der Waals surface area contributed by atoms with Gasteiger partial charge >= 0.3 is 0 Å². The van der Waals surface area contributed by atoms with Crippen molar-refractivity contribution in [3.8, 4) is 11.1 Å². The lowest BCUT2D eigenvalue weighted by Crippen LogP contribution is -2.32. The number of carbonyl (C=O) groups is 1. The Morgan fingerprint density at radius 3 is 2.33 bits per heavy atom. The van der Waals surface area contributed by atoms with Gasteiger partial charge in [0.25, 0.3) is 5.91 Å². The molecule has 2 aliphatic rings. The molecular weight excluding hydrogens is 410 g/mol. The Kier molecular flexibility index (Phi) is 4.57. The minimum absolute atomic E-state index is 0.00934. The molecule has 6 rings (SSSR count). The third-order valence-electron chi connectivity index (χ3n) is 6.49. The number of nitrogens with one attached hydrogen (secondary N) is 4. The van der Waals surface area contributed by atoms with Gasteiger partial charge in [-0.1, -0.05) is 30.3 Å². The number of benzene rings is 3. The van der Waals surface area contributed by atoms with Crippen LogP contribution in [0.3, 0.4) is 0 Å². The fourth-order valence-electron chi connectivity index (χ4n) is 4.78. The Bertz CT molecular complexity index is 1320. The normalized spacial score (nSPS) is 14.4. The van der Waals surface area contributed by atoms with Crippen LogP contribution in [0.1, 0.15) is 27.9 Å². The van der Waals surface area contributed by atoms with Crippen LogP contribution in [0.2, 0.25) is 0 Å². The van der Waals surface area contributed by atoms with Gasteiger partial charge < -0.3 is 25.8 Å². The van der Waals surface area contributed by atoms with Crippen molar-refractivity contribution >= 4 is 28.7 Å². The predicted molar refractivity (Wildman–Crippen MR) is 134 cm³/mol. The third kappa shape index (κ3) is 3.31. The number of fused-ring (bicyclic) bond motifs is 4. The van der Waals surface area contributed by atoms with Crippen LogP contribution in [0.25, 0.3) is 11.1 Å².